The smallest absolute Gasteiger partial charge is 0.323 e. The molecule has 2 unspecified atom stereocenters. The van der Waals surface area contributed by atoms with E-state index < -0.39 is 11.6 Å². The second kappa shape index (κ2) is 6.28. The molecule has 1 aromatic heterocycles. The first-order valence-electron chi connectivity index (χ1n) is 8.09. The topological polar surface area (TPSA) is 80.4 Å². The number of fused-ring (bicyclic) bond motifs is 3. The predicted octanol–water partition coefficient (Wildman–Crippen LogP) is 2.02. The van der Waals surface area contributed by atoms with Crippen molar-refractivity contribution in [2.45, 2.75) is 38.3 Å². The lowest BCUT2D eigenvalue weighted by Crippen LogP contribution is -2.55. The lowest BCUT2D eigenvalue weighted by Gasteiger charge is -2.38. The van der Waals surface area contributed by atoms with Gasteiger partial charge in [-0.25, -0.2) is 0 Å². The molecule has 24 heavy (non-hydrogen) atoms. The molecule has 2 heterocycles. The van der Waals surface area contributed by atoms with Crippen molar-refractivity contribution in [3.8, 4) is 0 Å². The molecule has 2 N–H and O–H groups in total. The van der Waals surface area contributed by atoms with Crippen molar-refractivity contribution in [3.63, 3.8) is 0 Å². The van der Waals surface area contributed by atoms with Gasteiger partial charge in [0.1, 0.15) is 6.04 Å². The second-order valence-corrected chi connectivity index (χ2v) is 6.26. The zero-order valence-electron chi connectivity index (χ0n) is 14.1. The van der Waals surface area contributed by atoms with Gasteiger partial charge in [-0.3, -0.25) is 14.9 Å². The van der Waals surface area contributed by atoms with E-state index in [0.717, 1.165) is 22.2 Å². The highest BCUT2D eigenvalue weighted by atomic mass is 16.5. The number of hydrogen-bond acceptors (Lipinski definition) is 5. The maximum Gasteiger partial charge on any atom is 0.323 e. The molecule has 2 atom stereocenters. The quantitative estimate of drug-likeness (QED) is 0.839. The number of rotatable bonds is 4. The molecule has 1 aliphatic rings. The molecular weight excluding hydrogens is 308 g/mol. The Kier molecular flexibility index (Phi) is 4.32. The van der Waals surface area contributed by atoms with Crippen molar-refractivity contribution in [1.29, 1.82) is 0 Å². The number of carbonyl (C=O) groups excluding carboxylic acids is 2. The van der Waals surface area contributed by atoms with Gasteiger partial charge in [-0.2, -0.15) is 0 Å². The third-order valence-corrected chi connectivity index (χ3v) is 4.56. The van der Waals surface area contributed by atoms with E-state index >= 15 is 0 Å². The summed E-state index contributed by atoms with van der Waals surface area (Å²) in [6, 6.07) is 7.44. The van der Waals surface area contributed by atoms with E-state index in [2.05, 4.69) is 10.3 Å². The van der Waals surface area contributed by atoms with Crippen LogP contribution < -0.4 is 5.32 Å². The van der Waals surface area contributed by atoms with Gasteiger partial charge in [0.15, 0.2) is 0 Å². The summed E-state index contributed by atoms with van der Waals surface area (Å²) in [6.07, 6.45) is 0.651. The van der Waals surface area contributed by atoms with Gasteiger partial charge in [0.2, 0.25) is 0 Å². The zero-order chi connectivity index (χ0) is 17.3. The Labute approximate surface area is 140 Å². The number of carbonyl (C=O) groups is 2. The number of benzene rings is 1. The van der Waals surface area contributed by atoms with Crippen LogP contribution in [0.5, 0.6) is 0 Å². The summed E-state index contributed by atoms with van der Waals surface area (Å²) in [5.41, 5.74) is 2.24. The Balaban J connectivity index is 2.08. The molecule has 1 aliphatic heterocycles. The lowest BCUT2D eigenvalue weighted by molar-refractivity contribution is -0.148. The van der Waals surface area contributed by atoms with Crippen LogP contribution in [0, 0.1) is 0 Å². The fourth-order valence-electron chi connectivity index (χ4n) is 3.52. The maximum absolute atomic E-state index is 12.1. The van der Waals surface area contributed by atoms with Gasteiger partial charge in [-0.1, -0.05) is 18.2 Å². The molecule has 0 spiro atoms. The molecule has 3 rings (SSSR count). The van der Waals surface area contributed by atoms with Crippen LogP contribution in [-0.2, 0) is 31.0 Å². The largest absolute Gasteiger partial charge is 0.468 e. The monoisotopic (exact) mass is 330 g/mol. The van der Waals surface area contributed by atoms with Gasteiger partial charge < -0.3 is 14.5 Å². The van der Waals surface area contributed by atoms with Crippen molar-refractivity contribution in [3.05, 3.63) is 35.5 Å². The van der Waals surface area contributed by atoms with Gasteiger partial charge >= 0.3 is 11.9 Å². The second-order valence-electron chi connectivity index (χ2n) is 6.26. The minimum Gasteiger partial charge on any atom is -0.468 e. The van der Waals surface area contributed by atoms with Crippen LogP contribution in [0.25, 0.3) is 10.9 Å². The summed E-state index contributed by atoms with van der Waals surface area (Å²) in [5, 5.41) is 4.35. The molecule has 0 fully saturated rings. The Morgan fingerprint density at radius 2 is 2.08 bits per heavy atom. The van der Waals surface area contributed by atoms with Crippen molar-refractivity contribution in [2.24, 2.45) is 0 Å². The van der Waals surface area contributed by atoms with Crippen LogP contribution in [0.3, 0.4) is 0 Å². The number of aromatic nitrogens is 1. The molecule has 6 nitrogen and oxygen atoms in total. The SMILES string of the molecule is CCOC(=O)CC1(C)NC(C(=O)OC)Cc2c1[nH]c1ccccc21. The predicted molar refractivity (Wildman–Crippen MR) is 89.5 cm³/mol. The van der Waals surface area contributed by atoms with E-state index in [0.29, 0.717) is 13.0 Å². The Morgan fingerprint density at radius 3 is 2.79 bits per heavy atom. The van der Waals surface area contributed by atoms with Crippen LogP contribution in [0.1, 0.15) is 31.5 Å². The Hall–Kier alpha value is -2.34. The maximum atomic E-state index is 12.1. The van der Waals surface area contributed by atoms with Gasteiger partial charge in [-0.05, 0) is 25.5 Å². The summed E-state index contributed by atoms with van der Waals surface area (Å²) in [5.74, 6) is -0.636. The summed E-state index contributed by atoms with van der Waals surface area (Å²) in [7, 11) is 1.37. The average molecular weight is 330 g/mol. The first-order valence-corrected chi connectivity index (χ1v) is 8.09. The minimum absolute atomic E-state index is 0.133. The van der Waals surface area contributed by atoms with E-state index in [1.54, 1.807) is 6.92 Å². The zero-order valence-corrected chi connectivity index (χ0v) is 14.1. The highest BCUT2D eigenvalue weighted by Gasteiger charge is 2.42. The molecule has 128 valence electrons. The molecule has 0 radical (unpaired) electrons. The molecule has 6 heteroatoms. The molecule has 0 aliphatic carbocycles. The van der Waals surface area contributed by atoms with E-state index in [-0.39, 0.29) is 18.4 Å². The van der Waals surface area contributed by atoms with Gasteiger partial charge in [0.25, 0.3) is 0 Å². The van der Waals surface area contributed by atoms with E-state index in [1.165, 1.54) is 7.11 Å². The Morgan fingerprint density at radius 1 is 1.33 bits per heavy atom. The lowest BCUT2D eigenvalue weighted by atomic mass is 9.83. The number of aromatic amines is 1. The van der Waals surface area contributed by atoms with E-state index in [4.69, 9.17) is 9.47 Å². The highest BCUT2D eigenvalue weighted by Crippen LogP contribution is 2.37. The fraction of sp³-hybridized carbons (Fsp3) is 0.444. The number of esters is 2. The molecule has 0 saturated heterocycles. The van der Waals surface area contributed by atoms with Crippen LogP contribution in [0.15, 0.2) is 24.3 Å². The van der Waals surface area contributed by atoms with Gasteiger partial charge in [0, 0.05) is 23.0 Å². The number of H-pyrrole nitrogens is 1. The molecule has 2 aromatic rings. The number of methoxy groups -OCH3 is 1. The van der Waals surface area contributed by atoms with E-state index in [1.807, 2.05) is 31.2 Å². The summed E-state index contributed by atoms with van der Waals surface area (Å²) in [6.45, 7) is 4.02. The molecule has 1 aromatic carbocycles. The van der Waals surface area contributed by atoms with Crippen molar-refractivity contribution in [1.82, 2.24) is 10.3 Å². The summed E-state index contributed by atoms with van der Waals surface area (Å²) in [4.78, 5) is 27.6. The Bertz CT molecular complexity index is 782. The number of para-hydroxylation sites is 1. The number of hydrogen-bond donors (Lipinski definition) is 2. The van der Waals surface area contributed by atoms with Crippen LogP contribution in [-0.4, -0.2) is 36.7 Å². The van der Waals surface area contributed by atoms with Crippen LogP contribution in [0.4, 0.5) is 0 Å². The number of ether oxygens (including phenoxy) is 2. The average Bonchev–Trinajstić information content (AvgIpc) is 2.94. The third kappa shape index (κ3) is 2.78. The first kappa shape index (κ1) is 16.5. The minimum atomic E-state index is -0.724. The summed E-state index contributed by atoms with van der Waals surface area (Å²) >= 11 is 0. The standard InChI is InChI=1S/C18H22N2O4/c1-4-24-15(21)10-18(2)16-12(9-14(20-18)17(22)23-3)11-7-5-6-8-13(11)19-16/h5-8,14,19-20H,4,9-10H2,1-3H3. The fourth-order valence-corrected chi connectivity index (χ4v) is 3.52. The van der Waals surface area contributed by atoms with Crippen LogP contribution >= 0.6 is 0 Å². The third-order valence-electron chi connectivity index (χ3n) is 4.56. The van der Waals surface area contributed by atoms with Crippen molar-refractivity contribution in [2.75, 3.05) is 13.7 Å². The molecule has 0 bridgehead atoms. The van der Waals surface area contributed by atoms with Crippen LogP contribution in [0.2, 0.25) is 0 Å². The first-order chi connectivity index (χ1) is 11.5. The van der Waals surface area contributed by atoms with Gasteiger partial charge in [-0.15, -0.1) is 0 Å². The molecule has 0 saturated carbocycles. The highest BCUT2D eigenvalue weighted by molar-refractivity contribution is 5.88. The van der Waals surface area contributed by atoms with Crippen molar-refractivity contribution >= 4 is 22.8 Å². The number of nitrogens with one attached hydrogen (secondary N) is 2. The van der Waals surface area contributed by atoms with Gasteiger partial charge in [0.05, 0.1) is 25.7 Å². The van der Waals surface area contributed by atoms with Crippen molar-refractivity contribution < 1.29 is 19.1 Å². The van der Waals surface area contributed by atoms with E-state index in [9.17, 15) is 9.59 Å². The normalized spacial score (nSPS) is 22.9. The summed E-state index contributed by atoms with van der Waals surface area (Å²) < 4.78 is 10.0. The molecule has 0 amide bonds. The molecular formula is C18H22N2O4.